The Balaban J connectivity index is 4.10. The number of esters is 1. The molecule has 0 heterocycles. The van der Waals surface area contributed by atoms with Crippen LogP contribution in [0.25, 0.3) is 0 Å². The summed E-state index contributed by atoms with van der Waals surface area (Å²) < 4.78 is 11.2. The highest BCUT2D eigenvalue weighted by Crippen LogP contribution is 2.36. The number of carbonyl (C=O) groups excluding carboxylic acids is 1. The number of hydrogen-bond donors (Lipinski definition) is 0. The Hall–Kier alpha value is -1.13. The van der Waals surface area contributed by atoms with Gasteiger partial charge in [-0.1, -0.05) is 50.1 Å². The van der Waals surface area contributed by atoms with Crippen molar-refractivity contribution in [2.45, 2.75) is 105 Å². The number of rotatable bonds is 13. The van der Waals surface area contributed by atoms with E-state index in [0.29, 0.717) is 12.2 Å². The Morgan fingerprint density at radius 3 is 1.97 bits per heavy atom. The maximum absolute atomic E-state index is 11.6. The molecule has 0 aromatic rings. The van der Waals surface area contributed by atoms with E-state index in [4.69, 9.17) is 9.16 Å². The van der Waals surface area contributed by atoms with Crippen LogP contribution in [0.5, 0.6) is 0 Å². The fourth-order valence-electron chi connectivity index (χ4n) is 2.60. The van der Waals surface area contributed by atoms with Gasteiger partial charge in [0.05, 0.1) is 6.61 Å². The summed E-state index contributed by atoms with van der Waals surface area (Å²) >= 11 is 0. The third kappa shape index (κ3) is 12.9. The molecular formula is C25H46O3Si. The zero-order valence-corrected chi connectivity index (χ0v) is 21.6. The molecule has 0 bridgehead atoms. The first kappa shape index (κ1) is 27.9. The fourth-order valence-corrected chi connectivity index (χ4v) is 3.69. The smallest absolute Gasteiger partial charge is 0.333 e. The van der Waals surface area contributed by atoms with Gasteiger partial charge in [-0.05, 0) is 84.4 Å². The lowest BCUT2D eigenvalue weighted by Gasteiger charge is -2.36. The summed E-state index contributed by atoms with van der Waals surface area (Å²) in [5, 5.41) is 0.287. The predicted molar refractivity (Wildman–Crippen MR) is 129 cm³/mol. The summed E-state index contributed by atoms with van der Waals surface area (Å²) in [6.07, 6.45) is 12.9. The van der Waals surface area contributed by atoms with Gasteiger partial charge < -0.3 is 9.16 Å². The van der Waals surface area contributed by atoms with Crippen molar-refractivity contribution < 1.29 is 14.0 Å². The number of carbonyl (C=O) groups is 1. The van der Waals surface area contributed by atoms with Gasteiger partial charge in [0.15, 0.2) is 8.32 Å². The van der Waals surface area contributed by atoms with Crippen molar-refractivity contribution >= 4 is 14.3 Å². The molecule has 0 amide bonds. The Morgan fingerprint density at radius 1 is 0.897 bits per heavy atom. The van der Waals surface area contributed by atoms with Gasteiger partial charge in [-0.3, -0.25) is 0 Å². The molecule has 0 radical (unpaired) electrons. The summed E-state index contributed by atoms with van der Waals surface area (Å²) in [5.41, 5.74) is 3.55. The predicted octanol–water partition coefficient (Wildman–Crippen LogP) is 7.75. The van der Waals surface area contributed by atoms with Gasteiger partial charge in [-0.25, -0.2) is 4.79 Å². The van der Waals surface area contributed by atoms with E-state index in [2.05, 4.69) is 59.9 Å². The topological polar surface area (TPSA) is 35.5 Å². The molecule has 0 aliphatic heterocycles. The Bertz CT molecular complexity index is 577. The molecule has 0 saturated carbocycles. The molecule has 0 aliphatic rings. The highest BCUT2D eigenvalue weighted by molar-refractivity contribution is 6.74. The van der Waals surface area contributed by atoms with Crippen LogP contribution >= 0.6 is 0 Å². The highest BCUT2D eigenvalue weighted by atomic mass is 28.4. The summed E-state index contributed by atoms with van der Waals surface area (Å²) in [5.74, 6) is -0.204. The number of ether oxygens (including phenoxy) is 1. The van der Waals surface area contributed by atoms with Crippen LogP contribution in [0.4, 0.5) is 0 Å². The lowest BCUT2D eigenvalue weighted by Crippen LogP contribution is -2.40. The maximum atomic E-state index is 11.6. The van der Waals surface area contributed by atoms with Crippen LogP contribution in [0, 0.1) is 0 Å². The van der Waals surface area contributed by atoms with Crippen LogP contribution in [0.3, 0.4) is 0 Å². The first-order valence-electron chi connectivity index (χ1n) is 11.2. The summed E-state index contributed by atoms with van der Waals surface area (Å²) in [6.45, 7) is 20.9. The zero-order chi connectivity index (χ0) is 22.5. The van der Waals surface area contributed by atoms with Crippen molar-refractivity contribution in [2.24, 2.45) is 0 Å². The van der Waals surface area contributed by atoms with Gasteiger partial charge in [-0.2, -0.15) is 0 Å². The molecule has 29 heavy (non-hydrogen) atoms. The molecule has 0 aromatic carbocycles. The normalized spacial score (nSPS) is 14.3. The maximum Gasteiger partial charge on any atom is 0.333 e. The van der Waals surface area contributed by atoms with Gasteiger partial charge in [0.2, 0.25) is 0 Å². The Labute approximate surface area is 181 Å². The molecule has 3 nitrogen and oxygen atoms in total. The monoisotopic (exact) mass is 422 g/mol. The van der Waals surface area contributed by atoms with E-state index in [9.17, 15) is 4.79 Å². The lowest BCUT2D eigenvalue weighted by molar-refractivity contribution is -0.138. The van der Waals surface area contributed by atoms with Crippen LogP contribution in [0.2, 0.25) is 18.1 Å². The highest BCUT2D eigenvalue weighted by Gasteiger charge is 2.36. The minimum Gasteiger partial charge on any atom is -0.463 e. The number of unbranched alkanes of at least 4 members (excludes halogenated alkanes) is 1. The van der Waals surface area contributed by atoms with E-state index >= 15 is 0 Å². The minimum absolute atomic E-state index is 0.204. The first-order valence-corrected chi connectivity index (χ1v) is 14.1. The van der Waals surface area contributed by atoms with E-state index in [1.54, 1.807) is 0 Å². The van der Waals surface area contributed by atoms with Crippen LogP contribution in [-0.2, 0) is 14.0 Å². The van der Waals surface area contributed by atoms with Gasteiger partial charge in [0.1, 0.15) is 0 Å². The van der Waals surface area contributed by atoms with Gasteiger partial charge >= 0.3 is 5.97 Å². The quantitative estimate of drug-likeness (QED) is 0.1000. The van der Waals surface area contributed by atoms with E-state index in [0.717, 1.165) is 45.1 Å². The average Bonchev–Trinajstić information content (AvgIpc) is 2.61. The van der Waals surface area contributed by atoms with Gasteiger partial charge in [0, 0.05) is 12.2 Å². The van der Waals surface area contributed by atoms with Crippen LogP contribution in [0.15, 0.2) is 34.9 Å². The molecule has 0 atom stereocenters. The van der Waals surface area contributed by atoms with E-state index < -0.39 is 8.32 Å². The van der Waals surface area contributed by atoms with Crippen molar-refractivity contribution in [1.82, 2.24) is 0 Å². The average molecular weight is 423 g/mol. The molecule has 4 heteroatoms. The second kappa shape index (κ2) is 14.0. The Morgan fingerprint density at radius 2 is 1.45 bits per heavy atom. The lowest BCUT2D eigenvalue weighted by atomic mass is 10.1. The van der Waals surface area contributed by atoms with Crippen LogP contribution in [-0.4, -0.2) is 27.5 Å². The van der Waals surface area contributed by atoms with Gasteiger partial charge in [-0.15, -0.1) is 0 Å². The van der Waals surface area contributed by atoms with E-state index in [1.165, 1.54) is 11.1 Å². The fraction of sp³-hybridized carbons (Fsp3) is 0.720. The van der Waals surface area contributed by atoms with Crippen LogP contribution < -0.4 is 0 Å². The van der Waals surface area contributed by atoms with Crippen molar-refractivity contribution in [3.05, 3.63) is 34.9 Å². The first-order chi connectivity index (χ1) is 13.4. The summed E-state index contributed by atoms with van der Waals surface area (Å²) in [7, 11) is -1.61. The SMILES string of the molecule is CCOC(=O)/C(C)=C/CC/C(C)=C/CC/C=C(\C)CCCO[Si](C)(C)C(C)(C)C. The second-order valence-electron chi connectivity index (χ2n) is 9.54. The standard InChI is InChI=1S/C25H46O3Si/c1-10-27-24(26)23(4)19-13-17-21(2)15-11-12-16-22(3)18-14-20-28-29(8,9)25(5,6)7/h15-16,19H,10-14,17-18,20H2,1-9H3/b21-15+,22-16+,23-19+. The Kier molecular flexibility index (Phi) is 13.4. The molecular weight excluding hydrogens is 376 g/mol. The van der Waals surface area contributed by atoms with Gasteiger partial charge in [0.25, 0.3) is 0 Å². The van der Waals surface area contributed by atoms with Crippen molar-refractivity contribution in [1.29, 1.82) is 0 Å². The molecule has 0 saturated heterocycles. The molecule has 0 aliphatic carbocycles. The van der Waals surface area contributed by atoms with Crippen LogP contribution in [0.1, 0.15) is 87.0 Å². The summed E-state index contributed by atoms with van der Waals surface area (Å²) in [6, 6.07) is 0. The minimum atomic E-state index is -1.61. The van der Waals surface area contributed by atoms with Crippen molar-refractivity contribution in [2.75, 3.05) is 13.2 Å². The summed E-state index contributed by atoms with van der Waals surface area (Å²) in [4.78, 5) is 11.6. The number of allylic oxidation sites excluding steroid dienone is 5. The molecule has 168 valence electrons. The largest absolute Gasteiger partial charge is 0.463 e. The van der Waals surface area contributed by atoms with Crippen molar-refractivity contribution in [3.8, 4) is 0 Å². The van der Waals surface area contributed by atoms with Crippen molar-refractivity contribution in [3.63, 3.8) is 0 Å². The van der Waals surface area contributed by atoms with E-state index in [1.807, 2.05) is 19.9 Å². The number of hydrogen-bond acceptors (Lipinski definition) is 3. The molecule has 0 spiro atoms. The molecule has 0 aromatic heterocycles. The van der Waals surface area contributed by atoms with E-state index in [-0.39, 0.29) is 11.0 Å². The zero-order valence-electron chi connectivity index (χ0n) is 20.6. The second-order valence-corrected chi connectivity index (χ2v) is 14.3. The molecule has 0 unspecified atom stereocenters. The molecule has 0 rings (SSSR count). The third-order valence-electron chi connectivity index (χ3n) is 5.72. The third-order valence-corrected chi connectivity index (χ3v) is 10.3. The molecule has 0 N–H and O–H groups in total. The molecule has 0 fully saturated rings.